The number of sulfonamides is 1. The summed E-state index contributed by atoms with van der Waals surface area (Å²) in [5.74, 6) is 0.579. The Hall–Kier alpha value is -2.39. The smallest absolute Gasteiger partial charge is 0.248 e. The molecule has 1 aromatic heterocycles. The number of nitrogens with zero attached hydrogens (tertiary/aromatic N) is 3. The molecular weight excluding hydrogens is 406 g/mol. The van der Waals surface area contributed by atoms with Crippen molar-refractivity contribution in [1.29, 1.82) is 0 Å². The molecule has 2 aromatic rings. The Bertz CT molecular complexity index is 981. The fourth-order valence-corrected chi connectivity index (χ4v) is 5.73. The van der Waals surface area contributed by atoms with Crippen molar-refractivity contribution >= 4 is 15.9 Å². The number of piperidine rings is 1. The van der Waals surface area contributed by atoms with Crippen LogP contribution >= 0.6 is 0 Å². The van der Waals surface area contributed by atoms with E-state index in [9.17, 15) is 13.2 Å². The molecule has 1 aliphatic heterocycles. The molecule has 0 radical (unpaired) electrons. The van der Waals surface area contributed by atoms with Gasteiger partial charge < -0.3 is 14.2 Å². The second-order valence-electron chi connectivity index (χ2n) is 7.75. The second-order valence-corrected chi connectivity index (χ2v) is 9.63. The number of benzene rings is 1. The molecule has 3 rings (SSSR count). The van der Waals surface area contributed by atoms with E-state index in [0.29, 0.717) is 25.1 Å². The van der Waals surface area contributed by atoms with Crippen LogP contribution in [0.15, 0.2) is 33.7 Å². The molecule has 2 heterocycles. The number of amides is 1. The summed E-state index contributed by atoms with van der Waals surface area (Å²) in [5, 5.41) is 3.76. The average Bonchev–Trinajstić information content (AvgIpc) is 3.11. The van der Waals surface area contributed by atoms with Crippen molar-refractivity contribution in [2.24, 2.45) is 5.92 Å². The largest absolute Gasteiger partial charge is 0.497 e. The van der Waals surface area contributed by atoms with Crippen molar-refractivity contribution in [2.45, 2.75) is 44.6 Å². The Morgan fingerprint density at radius 3 is 2.53 bits per heavy atom. The van der Waals surface area contributed by atoms with Gasteiger partial charge in [0.05, 0.1) is 19.1 Å². The number of aromatic nitrogens is 1. The van der Waals surface area contributed by atoms with Gasteiger partial charge in [0.25, 0.3) is 0 Å². The van der Waals surface area contributed by atoms with Crippen LogP contribution in [0.1, 0.15) is 42.8 Å². The summed E-state index contributed by atoms with van der Waals surface area (Å²) in [4.78, 5) is 15.0. The maximum atomic E-state index is 13.2. The molecule has 2 unspecified atom stereocenters. The molecule has 0 spiro atoms. The highest BCUT2D eigenvalue weighted by atomic mass is 32.2. The SMILES string of the molecule is COc1ccc(C(C)N(C)C(=O)C2CCCN(S(=O)(=O)c3c(C)noc3C)C2)cc1. The second kappa shape index (κ2) is 8.77. The zero-order chi connectivity index (χ0) is 22.1. The quantitative estimate of drug-likeness (QED) is 0.693. The molecule has 1 aliphatic rings. The van der Waals surface area contributed by atoms with Gasteiger partial charge in [-0.15, -0.1) is 0 Å². The summed E-state index contributed by atoms with van der Waals surface area (Å²) in [6.07, 6.45) is 1.29. The molecule has 9 heteroatoms. The summed E-state index contributed by atoms with van der Waals surface area (Å²) >= 11 is 0. The number of carbonyl (C=O) groups excluding carboxylic acids is 1. The van der Waals surface area contributed by atoms with E-state index in [4.69, 9.17) is 9.26 Å². The number of hydrogen-bond acceptors (Lipinski definition) is 6. The number of carbonyl (C=O) groups is 1. The van der Waals surface area contributed by atoms with Crippen LogP contribution in [-0.2, 0) is 14.8 Å². The highest BCUT2D eigenvalue weighted by molar-refractivity contribution is 7.89. The molecule has 0 N–H and O–H groups in total. The van der Waals surface area contributed by atoms with Gasteiger partial charge in [-0.25, -0.2) is 8.42 Å². The van der Waals surface area contributed by atoms with E-state index in [1.807, 2.05) is 31.2 Å². The maximum Gasteiger partial charge on any atom is 0.248 e. The van der Waals surface area contributed by atoms with E-state index < -0.39 is 10.0 Å². The van der Waals surface area contributed by atoms with Crippen LogP contribution in [0, 0.1) is 19.8 Å². The van der Waals surface area contributed by atoms with E-state index in [2.05, 4.69) is 5.16 Å². The average molecular weight is 436 g/mol. The predicted molar refractivity (Wildman–Crippen MR) is 112 cm³/mol. The van der Waals surface area contributed by atoms with Crippen LogP contribution in [0.5, 0.6) is 5.75 Å². The molecule has 2 atom stereocenters. The first kappa shape index (κ1) is 22.3. The van der Waals surface area contributed by atoms with Gasteiger partial charge in [-0.3, -0.25) is 4.79 Å². The van der Waals surface area contributed by atoms with Gasteiger partial charge in [0, 0.05) is 20.1 Å². The molecule has 1 saturated heterocycles. The van der Waals surface area contributed by atoms with E-state index >= 15 is 0 Å². The van der Waals surface area contributed by atoms with E-state index in [-0.39, 0.29) is 35.1 Å². The first-order valence-electron chi connectivity index (χ1n) is 10.0. The normalized spacial score (nSPS) is 18.8. The summed E-state index contributed by atoms with van der Waals surface area (Å²) in [7, 11) is -0.386. The molecule has 8 nitrogen and oxygen atoms in total. The topological polar surface area (TPSA) is 93.0 Å². The van der Waals surface area contributed by atoms with Crippen molar-refractivity contribution in [3.05, 3.63) is 41.3 Å². The fraction of sp³-hybridized carbons (Fsp3) is 0.524. The summed E-state index contributed by atoms with van der Waals surface area (Å²) < 4.78 is 37.9. The zero-order valence-corrected chi connectivity index (χ0v) is 18.9. The first-order valence-corrected chi connectivity index (χ1v) is 11.4. The Morgan fingerprint density at radius 2 is 1.97 bits per heavy atom. The minimum Gasteiger partial charge on any atom is -0.497 e. The Kier molecular flexibility index (Phi) is 6.52. The third-order valence-corrected chi connectivity index (χ3v) is 7.94. The van der Waals surface area contributed by atoms with Crippen molar-refractivity contribution in [1.82, 2.24) is 14.4 Å². The predicted octanol–water partition coefficient (Wildman–Crippen LogP) is 2.92. The minimum atomic E-state index is -3.76. The summed E-state index contributed by atoms with van der Waals surface area (Å²) in [6, 6.07) is 7.45. The molecule has 30 heavy (non-hydrogen) atoms. The third kappa shape index (κ3) is 4.22. The maximum absolute atomic E-state index is 13.2. The van der Waals surface area contributed by atoms with Gasteiger partial charge in [-0.2, -0.15) is 4.31 Å². The van der Waals surface area contributed by atoms with Crippen molar-refractivity contribution in [2.75, 3.05) is 27.2 Å². The van der Waals surface area contributed by atoms with E-state index in [0.717, 1.165) is 11.3 Å². The lowest BCUT2D eigenvalue weighted by atomic mass is 9.97. The van der Waals surface area contributed by atoms with Crippen LogP contribution in [0.2, 0.25) is 0 Å². The molecule has 1 fully saturated rings. The molecule has 1 amide bonds. The van der Waals surface area contributed by atoms with Crippen LogP contribution < -0.4 is 4.74 Å². The molecule has 0 saturated carbocycles. The van der Waals surface area contributed by atoms with Crippen LogP contribution in [0.4, 0.5) is 0 Å². The lowest BCUT2D eigenvalue weighted by Crippen LogP contribution is -2.46. The van der Waals surface area contributed by atoms with Gasteiger partial charge in [0.15, 0.2) is 5.76 Å². The molecular formula is C21H29N3O5S. The number of aryl methyl sites for hydroxylation is 2. The number of methoxy groups -OCH3 is 1. The highest BCUT2D eigenvalue weighted by Gasteiger charge is 2.37. The monoisotopic (exact) mass is 435 g/mol. The Labute approximate surface area is 177 Å². The number of ether oxygens (including phenoxy) is 1. The van der Waals surface area contributed by atoms with Gasteiger partial charge >= 0.3 is 0 Å². The van der Waals surface area contributed by atoms with Crippen molar-refractivity contribution in [3.63, 3.8) is 0 Å². The fourth-order valence-electron chi connectivity index (χ4n) is 3.92. The van der Waals surface area contributed by atoms with Gasteiger partial charge in [-0.05, 0) is 51.3 Å². The van der Waals surface area contributed by atoms with Gasteiger partial charge in [-0.1, -0.05) is 17.3 Å². The van der Waals surface area contributed by atoms with E-state index in [1.165, 1.54) is 4.31 Å². The molecule has 164 valence electrons. The first-order chi connectivity index (χ1) is 14.2. The van der Waals surface area contributed by atoms with Crippen LogP contribution in [0.3, 0.4) is 0 Å². The Morgan fingerprint density at radius 1 is 1.30 bits per heavy atom. The highest BCUT2D eigenvalue weighted by Crippen LogP contribution is 2.30. The van der Waals surface area contributed by atoms with Gasteiger partial charge in [0.1, 0.15) is 16.3 Å². The van der Waals surface area contributed by atoms with Gasteiger partial charge in [0.2, 0.25) is 15.9 Å². The summed E-state index contributed by atoms with van der Waals surface area (Å²) in [5.41, 5.74) is 1.33. The van der Waals surface area contributed by atoms with Crippen LogP contribution in [-0.4, -0.2) is 55.9 Å². The Balaban J connectivity index is 1.74. The van der Waals surface area contributed by atoms with E-state index in [1.54, 1.807) is 32.9 Å². The van der Waals surface area contributed by atoms with Crippen molar-refractivity contribution in [3.8, 4) is 5.75 Å². The standard InChI is InChI=1S/C21H29N3O5S/c1-14-20(16(3)29-22-14)30(26,27)24-12-6-7-18(13-24)21(25)23(4)15(2)17-8-10-19(28-5)11-9-17/h8-11,15,18H,6-7,12-13H2,1-5H3. The van der Waals surface area contributed by atoms with Crippen molar-refractivity contribution < 1.29 is 22.5 Å². The lowest BCUT2D eigenvalue weighted by molar-refractivity contribution is -0.137. The zero-order valence-electron chi connectivity index (χ0n) is 18.1. The molecule has 1 aromatic carbocycles. The summed E-state index contributed by atoms with van der Waals surface area (Å²) in [6.45, 7) is 5.70. The van der Waals surface area contributed by atoms with Crippen LogP contribution in [0.25, 0.3) is 0 Å². The lowest BCUT2D eigenvalue weighted by Gasteiger charge is -2.35. The number of rotatable bonds is 6. The minimum absolute atomic E-state index is 0.0584. The number of hydrogen-bond donors (Lipinski definition) is 0. The molecule has 0 bridgehead atoms. The molecule has 0 aliphatic carbocycles. The third-order valence-electron chi connectivity index (χ3n) is 5.83.